The molecule has 0 aliphatic rings. The van der Waals surface area contributed by atoms with Crippen molar-refractivity contribution in [3.8, 4) is 0 Å². The maximum Gasteiger partial charge on any atom is 0.338 e. The van der Waals surface area contributed by atoms with E-state index in [4.69, 9.17) is 5.21 Å². The molecule has 5 heteroatoms. The lowest BCUT2D eigenvalue weighted by molar-refractivity contribution is 0.0600. The molecule has 5 nitrogen and oxygen atoms in total. The number of ether oxygens (including phenoxy) is 1. The highest BCUT2D eigenvalue weighted by Crippen LogP contribution is 2.18. The van der Waals surface area contributed by atoms with Crippen molar-refractivity contribution >= 4 is 11.7 Å². The minimum absolute atomic E-state index is 0.00370. The van der Waals surface area contributed by atoms with E-state index in [9.17, 15) is 10.0 Å². The number of aryl methyl sites for hydroxylation is 1. The predicted molar refractivity (Wildman–Crippen MR) is 50.2 cm³/mol. The van der Waals surface area contributed by atoms with E-state index in [1.54, 1.807) is 13.0 Å². The van der Waals surface area contributed by atoms with Crippen molar-refractivity contribution in [1.29, 1.82) is 0 Å². The first-order valence-electron chi connectivity index (χ1n) is 3.91. The van der Waals surface area contributed by atoms with Gasteiger partial charge in [-0.05, 0) is 24.6 Å². The van der Waals surface area contributed by atoms with Crippen LogP contribution in [0.4, 0.5) is 5.69 Å². The van der Waals surface area contributed by atoms with Crippen molar-refractivity contribution < 1.29 is 14.7 Å². The molecule has 1 aromatic carbocycles. The first-order valence-corrected chi connectivity index (χ1v) is 3.91. The van der Waals surface area contributed by atoms with Gasteiger partial charge in [-0.3, -0.25) is 5.21 Å². The van der Waals surface area contributed by atoms with Crippen molar-refractivity contribution in [2.75, 3.05) is 12.3 Å². The molecule has 14 heavy (non-hydrogen) atoms. The Hall–Kier alpha value is -1.59. The minimum atomic E-state index is -0.536. The zero-order valence-corrected chi connectivity index (χ0v) is 7.85. The molecule has 0 fully saturated rings. The van der Waals surface area contributed by atoms with E-state index in [-0.39, 0.29) is 16.5 Å². The summed E-state index contributed by atoms with van der Waals surface area (Å²) in [5, 5.41) is 18.9. The van der Waals surface area contributed by atoms with Crippen LogP contribution < -0.4 is 5.23 Å². The standard InChI is InChI=1S/C9H10NO4/c1-6-3-4-7(10(12)13)5-8(6)9(11)14-2/h3-5,12H,1-2H3/q-1. The monoisotopic (exact) mass is 196 g/mol. The summed E-state index contributed by atoms with van der Waals surface area (Å²) in [6.45, 7) is 1.71. The number of hydrogen-bond acceptors (Lipinski definition) is 5. The molecule has 0 unspecified atom stereocenters. The fraction of sp³-hybridized carbons (Fsp3) is 0.222. The summed E-state index contributed by atoms with van der Waals surface area (Å²) in [4.78, 5) is 11.2. The Labute approximate surface area is 81.1 Å². The molecule has 0 saturated heterocycles. The van der Waals surface area contributed by atoms with E-state index in [0.29, 0.717) is 5.56 Å². The lowest BCUT2D eigenvalue weighted by atomic mass is 10.1. The first-order chi connectivity index (χ1) is 6.56. The van der Waals surface area contributed by atoms with E-state index < -0.39 is 5.97 Å². The highest BCUT2D eigenvalue weighted by molar-refractivity contribution is 5.92. The Kier molecular flexibility index (Phi) is 3.06. The van der Waals surface area contributed by atoms with E-state index in [0.717, 1.165) is 0 Å². The van der Waals surface area contributed by atoms with Crippen LogP contribution in [0.3, 0.4) is 0 Å². The SMILES string of the molecule is COC(=O)c1cc(N([O-])O)ccc1C. The second-order valence-corrected chi connectivity index (χ2v) is 2.76. The fourth-order valence-corrected chi connectivity index (χ4v) is 1.06. The number of carbonyl (C=O) groups is 1. The summed E-state index contributed by atoms with van der Waals surface area (Å²) < 4.78 is 4.51. The number of benzene rings is 1. The quantitative estimate of drug-likeness (QED) is 0.572. The van der Waals surface area contributed by atoms with Gasteiger partial charge in [-0.15, -0.1) is 0 Å². The fourth-order valence-electron chi connectivity index (χ4n) is 1.06. The lowest BCUT2D eigenvalue weighted by Gasteiger charge is -2.22. The molecule has 1 N–H and O–H groups in total. The van der Waals surface area contributed by atoms with Gasteiger partial charge in [0.25, 0.3) is 0 Å². The summed E-state index contributed by atoms with van der Waals surface area (Å²) in [6, 6.07) is 4.24. The average Bonchev–Trinajstić information content (AvgIpc) is 2.17. The van der Waals surface area contributed by atoms with Gasteiger partial charge in [0.1, 0.15) is 0 Å². The Morgan fingerprint density at radius 2 is 2.21 bits per heavy atom. The van der Waals surface area contributed by atoms with Crippen molar-refractivity contribution in [3.63, 3.8) is 0 Å². The van der Waals surface area contributed by atoms with Crippen molar-refractivity contribution in [1.82, 2.24) is 0 Å². The van der Waals surface area contributed by atoms with Gasteiger partial charge >= 0.3 is 5.97 Å². The molecule has 0 bridgehead atoms. The number of carbonyl (C=O) groups excluding carboxylic acids is 1. The lowest BCUT2D eigenvalue weighted by Crippen LogP contribution is -2.10. The third kappa shape index (κ3) is 2.01. The summed E-state index contributed by atoms with van der Waals surface area (Å²) >= 11 is 0. The summed E-state index contributed by atoms with van der Waals surface area (Å²) in [6.07, 6.45) is 0. The molecule has 0 aliphatic heterocycles. The van der Waals surface area contributed by atoms with Gasteiger partial charge in [0, 0.05) is 0 Å². The van der Waals surface area contributed by atoms with Crippen molar-refractivity contribution in [2.45, 2.75) is 6.92 Å². The number of hydrogen-bond donors (Lipinski definition) is 1. The summed E-state index contributed by atoms with van der Waals surface area (Å²) in [5.41, 5.74) is 0.943. The van der Waals surface area contributed by atoms with Crippen molar-refractivity contribution in [3.05, 3.63) is 34.5 Å². The summed E-state index contributed by atoms with van der Waals surface area (Å²) in [5.74, 6) is -0.536. The molecule has 1 aromatic rings. The Morgan fingerprint density at radius 1 is 1.57 bits per heavy atom. The number of anilines is 1. The smallest absolute Gasteiger partial charge is 0.338 e. The Morgan fingerprint density at radius 3 is 2.71 bits per heavy atom. The van der Waals surface area contributed by atoms with Crippen LogP contribution in [0.5, 0.6) is 0 Å². The van der Waals surface area contributed by atoms with Crippen LogP contribution in [0.25, 0.3) is 0 Å². The van der Waals surface area contributed by atoms with Crippen LogP contribution in [-0.2, 0) is 4.74 Å². The van der Waals surface area contributed by atoms with Gasteiger partial charge in [-0.25, -0.2) is 4.79 Å². The largest absolute Gasteiger partial charge is 0.733 e. The van der Waals surface area contributed by atoms with Crippen LogP contribution in [0, 0.1) is 12.1 Å². The van der Waals surface area contributed by atoms with Gasteiger partial charge in [0.05, 0.1) is 18.4 Å². The molecule has 0 saturated carbocycles. The molecule has 1 rings (SSSR count). The van der Waals surface area contributed by atoms with E-state index in [1.807, 2.05) is 0 Å². The molecule has 0 amide bonds. The first kappa shape index (κ1) is 10.5. The average molecular weight is 196 g/mol. The third-order valence-corrected chi connectivity index (χ3v) is 1.85. The number of rotatable bonds is 2. The van der Waals surface area contributed by atoms with Crippen LogP contribution in [0.2, 0.25) is 0 Å². The highest BCUT2D eigenvalue weighted by Gasteiger charge is 2.09. The molecule has 0 aromatic heterocycles. The maximum absolute atomic E-state index is 11.2. The van der Waals surface area contributed by atoms with E-state index in [2.05, 4.69) is 4.74 Å². The van der Waals surface area contributed by atoms with Crippen LogP contribution in [0.15, 0.2) is 18.2 Å². The van der Waals surface area contributed by atoms with Crippen LogP contribution in [0.1, 0.15) is 15.9 Å². The molecule has 0 spiro atoms. The second-order valence-electron chi connectivity index (χ2n) is 2.76. The van der Waals surface area contributed by atoms with Gasteiger partial charge in [-0.1, -0.05) is 6.07 Å². The van der Waals surface area contributed by atoms with Gasteiger partial charge < -0.3 is 15.2 Å². The van der Waals surface area contributed by atoms with E-state index in [1.165, 1.54) is 19.2 Å². The predicted octanol–water partition coefficient (Wildman–Crippen LogP) is 1.48. The molecule has 0 aliphatic carbocycles. The molecule has 0 atom stereocenters. The molecular weight excluding hydrogens is 186 g/mol. The van der Waals surface area contributed by atoms with Crippen molar-refractivity contribution in [2.24, 2.45) is 0 Å². The van der Waals surface area contributed by atoms with Gasteiger partial charge in [0.15, 0.2) is 0 Å². The number of nitrogens with zero attached hydrogens (tertiary/aromatic N) is 1. The second kappa shape index (κ2) is 4.08. The Bertz CT molecular complexity index is 349. The summed E-state index contributed by atoms with van der Waals surface area (Å²) in [7, 11) is 1.25. The topological polar surface area (TPSA) is 72.8 Å². The van der Waals surface area contributed by atoms with Gasteiger partial charge in [-0.2, -0.15) is 0 Å². The highest BCUT2D eigenvalue weighted by atomic mass is 16.8. The molecular formula is C9H10NO4-. The van der Waals surface area contributed by atoms with Crippen LogP contribution >= 0.6 is 0 Å². The Balaban J connectivity index is 3.15. The molecule has 0 heterocycles. The van der Waals surface area contributed by atoms with E-state index >= 15 is 0 Å². The van der Waals surface area contributed by atoms with Crippen LogP contribution in [-0.4, -0.2) is 18.3 Å². The number of methoxy groups -OCH3 is 1. The molecule has 0 radical (unpaired) electrons. The maximum atomic E-state index is 11.2. The number of esters is 1. The zero-order chi connectivity index (χ0) is 10.7. The third-order valence-electron chi connectivity index (χ3n) is 1.85. The molecule has 76 valence electrons. The zero-order valence-electron chi connectivity index (χ0n) is 7.85. The van der Waals surface area contributed by atoms with Gasteiger partial charge in [0.2, 0.25) is 0 Å². The normalized spacial score (nSPS) is 9.71. The minimum Gasteiger partial charge on any atom is -0.733 e.